The molecular weight excluding hydrogens is 306 g/mol. The number of aromatic amines is 1. The summed E-state index contributed by atoms with van der Waals surface area (Å²) in [6.07, 6.45) is 1.67. The molecule has 2 rings (SSSR count). The molecule has 0 aliphatic carbocycles. The normalized spacial score (nSPS) is 11.8. The zero-order chi connectivity index (χ0) is 17.9. The Labute approximate surface area is 142 Å². The maximum Gasteiger partial charge on any atom is 0.269 e. The average Bonchev–Trinajstić information content (AvgIpc) is 3.09. The number of carbonyl (C=O) groups is 1. The molecule has 0 radical (unpaired) electrons. The fourth-order valence-corrected chi connectivity index (χ4v) is 2.65. The van der Waals surface area contributed by atoms with E-state index in [1.807, 2.05) is 39.4 Å². The molecule has 132 valence electrons. The highest BCUT2D eigenvalue weighted by Crippen LogP contribution is 2.25. The lowest BCUT2D eigenvalue weighted by Gasteiger charge is -2.21. The van der Waals surface area contributed by atoms with Crippen molar-refractivity contribution < 1.29 is 9.90 Å². The topological polar surface area (TPSA) is 95.8 Å². The Morgan fingerprint density at radius 2 is 2.12 bits per heavy atom. The molecule has 0 unspecified atom stereocenters. The number of nitrogens with zero attached hydrogens (tertiary/aromatic N) is 3. The predicted molar refractivity (Wildman–Crippen MR) is 92.7 cm³/mol. The van der Waals surface area contributed by atoms with Crippen LogP contribution in [0.1, 0.15) is 48.6 Å². The zero-order valence-corrected chi connectivity index (χ0v) is 15.1. The molecule has 7 heteroatoms. The number of carbonyl (C=O) groups excluding carboxylic acids is 1. The van der Waals surface area contributed by atoms with Gasteiger partial charge in [-0.3, -0.25) is 14.6 Å². The highest BCUT2D eigenvalue weighted by Gasteiger charge is 2.18. The van der Waals surface area contributed by atoms with E-state index in [1.165, 1.54) is 0 Å². The first-order valence-corrected chi connectivity index (χ1v) is 8.20. The number of aromatic nitrogens is 4. The molecule has 1 amide bonds. The van der Waals surface area contributed by atoms with E-state index in [1.54, 1.807) is 6.07 Å². The molecule has 2 aromatic rings. The lowest BCUT2D eigenvalue weighted by molar-refractivity contribution is 0.0943. The van der Waals surface area contributed by atoms with E-state index in [0.29, 0.717) is 12.2 Å². The van der Waals surface area contributed by atoms with Gasteiger partial charge in [0.1, 0.15) is 5.69 Å². The van der Waals surface area contributed by atoms with Crippen molar-refractivity contribution in [2.75, 3.05) is 13.2 Å². The van der Waals surface area contributed by atoms with Crippen LogP contribution in [0, 0.1) is 19.3 Å². The van der Waals surface area contributed by atoms with Gasteiger partial charge in [0.25, 0.3) is 5.91 Å². The summed E-state index contributed by atoms with van der Waals surface area (Å²) in [7, 11) is 1.89. The molecular formula is C17H27N5O2. The minimum atomic E-state index is -0.172. The van der Waals surface area contributed by atoms with Gasteiger partial charge in [0.05, 0.1) is 11.4 Å². The Kier molecular flexibility index (Phi) is 5.43. The molecule has 0 bridgehead atoms. The summed E-state index contributed by atoms with van der Waals surface area (Å²) in [6, 6.07) is 1.75. The maximum atomic E-state index is 12.2. The first-order chi connectivity index (χ1) is 11.2. The number of nitrogens with one attached hydrogen (secondary N) is 2. The minimum Gasteiger partial charge on any atom is -0.396 e. The molecule has 0 atom stereocenters. The largest absolute Gasteiger partial charge is 0.396 e. The molecule has 0 spiro atoms. The van der Waals surface area contributed by atoms with Gasteiger partial charge in [0.2, 0.25) is 0 Å². The van der Waals surface area contributed by atoms with Crippen molar-refractivity contribution in [2.24, 2.45) is 12.5 Å². The molecule has 0 saturated carbocycles. The summed E-state index contributed by atoms with van der Waals surface area (Å²) in [6.45, 7) is 8.64. The van der Waals surface area contributed by atoms with Crippen LogP contribution >= 0.6 is 0 Å². The standard InChI is InChI=1S/C17H27N5O2/c1-11-15(12(2)22(5)21-11)13-9-14(20-19-13)16(24)18-8-6-7-17(3,4)10-23/h9,23H,6-8,10H2,1-5H3,(H,18,24)(H,19,20). The van der Waals surface area contributed by atoms with Gasteiger partial charge in [0, 0.05) is 31.5 Å². The Bertz CT molecular complexity index is 715. The molecule has 0 aliphatic rings. The summed E-state index contributed by atoms with van der Waals surface area (Å²) >= 11 is 0. The van der Waals surface area contributed by atoms with Crippen LogP contribution in [0.4, 0.5) is 0 Å². The van der Waals surface area contributed by atoms with Crippen molar-refractivity contribution in [3.05, 3.63) is 23.1 Å². The molecule has 0 aromatic carbocycles. The van der Waals surface area contributed by atoms with E-state index < -0.39 is 0 Å². The average molecular weight is 333 g/mol. The molecule has 7 nitrogen and oxygen atoms in total. The van der Waals surface area contributed by atoms with Gasteiger partial charge in [-0.25, -0.2) is 0 Å². The van der Waals surface area contributed by atoms with Gasteiger partial charge in [0.15, 0.2) is 0 Å². The van der Waals surface area contributed by atoms with Crippen molar-refractivity contribution in [1.82, 2.24) is 25.3 Å². The second-order valence-corrected chi connectivity index (χ2v) is 7.02. The van der Waals surface area contributed by atoms with E-state index in [9.17, 15) is 9.90 Å². The first kappa shape index (κ1) is 18.2. The van der Waals surface area contributed by atoms with Crippen molar-refractivity contribution in [2.45, 2.75) is 40.5 Å². The molecule has 3 N–H and O–H groups in total. The fourth-order valence-electron chi connectivity index (χ4n) is 2.65. The van der Waals surface area contributed by atoms with Crippen LogP contribution in [0.2, 0.25) is 0 Å². The number of H-pyrrole nitrogens is 1. The fraction of sp³-hybridized carbons (Fsp3) is 0.588. The quantitative estimate of drug-likeness (QED) is 0.675. The third kappa shape index (κ3) is 4.03. The van der Waals surface area contributed by atoms with E-state index in [2.05, 4.69) is 20.6 Å². The van der Waals surface area contributed by atoms with E-state index in [-0.39, 0.29) is 17.9 Å². The summed E-state index contributed by atoms with van der Waals surface area (Å²) in [5, 5.41) is 23.5. The van der Waals surface area contributed by atoms with Gasteiger partial charge in [-0.2, -0.15) is 10.2 Å². The summed E-state index contributed by atoms with van der Waals surface area (Å²) in [5.41, 5.74) is 3.91. The Morgan fingerprint density at radius 1 is 1.42 bits per heavy atom. The van der Waals surface area contributed by atoms with E-state index >= 15 is 0 Å². The number of aliphatic hydroxyl groups excluding tert-OH is 1. The van der Waals surface area contributed by atoms with Crippen molar-refractivity contribution >= 4 is 5.91 Å². The molecule has 0 aliphatic heterocycles. The van der Waals surface area contributed by atoms with Crippen molar-refractivity contribution in [3.8, 4) is 11.3 Å². The molecule has 0 saturated heterocycles. The Hall–Kier alpha value is -2.15. The van der Waals surface area contributed by atoms with Crippen molar-refractivity contribution in [1.29, 1.82) is 0 Å². The second-order valence-electron chi connectivity index (χ2n) is 7.02. The van der Waals surface area contributed by atoms with Gasteiger partial charge >= 0.3 is 0 Å². The maximum absolute atomic E-state index is 12.2. The SMILES string of the molecule is Cc1nn(C)c(C)c1-c1cc(C(=O)NCCCC(C)(C)CO)[nH]n1. The third-order valence-electron chi connectivity index (χ3n) is 4.33. The van der Waals surface area contributed by atoms with E-state index in [4.69, 9.17) is 0 Å². The van der Waals surface area contributed by atoms with E-state index in [0.717, 1.165) is 35.5 Å². The Morgan fingerprint density at radius 3 is 2.71 bits per heavy atom. The van der Waals surface area contributed by atoms with Gasteiger partial charge in [-0.05, 0) is 38.2 Å². The van der Waals surface area contributed by atoms with Crippen LogP contribution in [-0.2, 0) is 7.05 Å². The molecule has 0 fully saturated rings. The number of hydrogen-bond donors (Lipinski definition) is 3. The highest BCUT2D eigenvalue weighted by molar-refractivity contribution is 5.93. The smallest absolute Gasteiger partial charge is 0.269 e. The van der Waals surface area contributed by atoms with Crippen LogP contribution in [0.25, 0.3) is 11.3 Å². The van der Waals surface area contributed by atoms with Gasteiger partial charge < -0.3 is 10.4 Å². The van der Waals surface area contributed by atoms with Gasteiger partial charge in [-0.1, -0.05) is 13.8 Å². The lowest BCUT2D eigenvalue weighted by atomic mass is 9.89. The van der Waals surface area contributed by atoms with Crippen LogP contribution in [0.5, 0.6) is 0 Å². The number of aryl methyl sites for hydroxylation is 2. The zero-order valence-electron chi connectivity index (χ0n) is 15.1. The third-order valence-corrected chi connectivity index (χ3v) is 4.33. The number of amides is 1. The molecule has 2 aromatic heterocycles. The minimum absolute atomic E-state index is 0.110. The summed E-state index contributed by atoms with van der Waals surface area (Å²) in [4.78, 5) is 12.2. The van der Waals surface area contributed by atoms with Crippen molar-refractivity contribution in [3.63, 3.8) is 0 Å². The predicted octanol–water partition coefficient (Wildman–Crippen LogP) is 1.96. The van der Waals surface area contributed by atoms with Gasteiger partial charge in [-0.15, -0.1) is 0 Å². The number of hydrogen-bond acceptors (Lipinski definition) is 4. The van der Waals surface area contributed by atoms with Crippen LogP contribution in [-0.4, -0.2) is 44.1 Å². The van der Waals surface area contributed by atoms with Crippen LogP contribution < -0.4 is 5.32 Å². The first-order valence-electron chi connectivity index (χ1n) is 8.20. The number of aliphatic hydroxyl groups is 1. The molecule has 24 heavy (non-hydrogen) atoms. The lowest BCUT2D eigenvalue weighted by Crippen LogP contribution is -2.26. The van der Waals surface area contributed by atoms with Crippen LogP contribution in [0.15, 0.2) is 6.07 Å². The molecule has 2 heterocycles. The monoisotopic (exact) mass is 333 g/mol. The number of rotatable bonds is 7. The second kappa shape index (κ2) is 7.17. The highest BCUT2D eigenvalue weighted by atomic mass is 16.3. The summed E-state index contributed by atoms with van der Waals surface area (Å²) < 4.78 is 1.81. The van der Waals surface area contributed by atoms with Crippen LogP contribution in [0.3, 0.4) is 0 Å². The Balaban J connectivity index is 1.97. The summed E-state index contributed by atoms with van der Waals surface area (Å²) in [5.74, 6) is -0.172.